The first kappa shape index (κ1) is 58.7. The number of amides is 6. The van der Waals surface area contributed by atoms with Gasteiger partial charge in [-0.2, -0.15) is 0 Å². The third-order valence-corrected chi connectivity index (χ3v) is 11.3. The summed E-state index contributed by atoms with van der Waals surface area (Å²) in [6, 6.07) is -2.53. The van der Waals surface area contributed by atoms with Crippen molar-refractivity contribution in [3.8, 4) is 0 Å². The van der Waals surface area contributed by atoms with Crippen molar-refractivity contribution in [2.75, 3.05) is 32.7 Å². The summed E-state index contributed by atoms with van der Waals surface area (Å²) in [5.41, 5.74) is 28.5. The quantitative estimate of drug-likeness (QED) is 0.0391. The lowest BCUT2D eigenvalue weighted by atomic mass is 10.0. The Bertz CT molecular complexity index is 1180. The average Bonchev–Trinajstić information content (AvgIpc) is 3.25. The van der Waals surface area contributed by atoms with Crippen LogP contribution in [0.1, 0.15) is 200 Å². The van der Waals surface area contributed by atoms with E-state index in [2.05, 4.69) is 33.5 Å². The molecule has 0 aromatic rings. The Morgan fingerprint density at radius 2 is 0.758 bits per heavy atom. The normalized spacial score (nSPS) is 13.1. The molecule has 0 aliphatic carbocycles. The monoisotopic (exact) mass is 881 g/mol. The van der Waals surface area contributed by atoms with Gasteiger partial charge in [0.1, 0.15) is 18.1 Å². The molecule has 0 rings (SSSR count). The van der Waals surface area contributed by atoms with Crippen molar-refractivity contribution in [3.63, 3.8) is 0 Å². The summed E-state index contributed by atoms with van der Waals surface area (Å²) in [6.45, 7) is 4.80. The molecule has 62 heavy (non-hydrogen) atoms. The third-order valence-electron chi connectivity index (χ3n) is 11.3. The molecule has 16 nitrogen and oxygen atoms in total. The number of rotatable bonds is 44. The average molecular weight is 881 g/mol. The molecule has 0 aliphatic heterocycles. The molecule has 0 spiro atoms. The van der Waals surface area contributed by atoms with Crippen LogP contribution in [-0.4, -0.2) is 92.3 Å². The standard InChI is InChI=1S/C46H92N10O6/c1-2-3-4-5-6-7-10-15-26-37(50)44(60)56-40(29-20-23-34-49)46(62)53-36-25-14-9-12-17-31-42(58)55-39(28-19-22-33-48)45(61)52-35-24-13-8-11-16-30-41(57)54-38(43(51)59)27-18-21-32-47/h37-40H,2-36,47-50H2,1H3,(H2,51,59)(H,52,61)(H,53,62)(H,54,57)(H,55,58)(H,56,60). The van der Waals surface area contributed by atoms with Gasteiger partial charge in [-0.15, -0.1) is 0 Å². The smallest absolute Gasteiger partial charge is 0.242 e. The zero-order chi connectivity index (χ0) is 46.1. The number of nitrogens with two attached hydrogens (primary N) is 5. The van der Waals surface area contributed by atoms with E-state index in [4.69, 9.17) is 28.7 Å². The maximum atomic E-state index is 13.0. The Labute approximate surface area is 375 Å². The molecule has 0 saturated carbocycles. The Hall–Kier alpha value is -3.34. The van der Waals surface area contributed by atoms with Crippen LogP contribution in [0.15, 0.2) is 0 Å². The van der Waals surface area contributed by atoms with E-state index >= 15 is 0 Å². The van der Waals surface area contributed by atoms with E-state index in [1.165, 1.54) is 32.1 Å². The van der Waals surface area contributed by atoms with E-state index in [1.807, 2.05) is 0 Å². The van der Waals surface area contributed by atoms with Gasteiger partial charge in [-0.05, 0) is 110 Å². The summed E-state index contributed by atoms with van der Waals surface area (Å²) in [5.74, 6) is -1.52. The molecule has 0 radical (unpaired) electrons. The third kappa shape index (κ3) is 34.2. The number of primary amides is 1. The topological polar surface area (TPSA) is 293 Å². The van der Waals surface area contributed by atoms with Crippen LogP contribution in [0.5, 0.6) is 0 Å². The van der Waals surface area contributed by atoms with Gasteiger partial charge >= 0.3 is 0 Å². The largest absolute Gasteiger partial charge is 0.368 e. The molecule has 6 amide bonds. The first-order chi connectivity index (χ1) is 30.0. The Balaban J connectivity index is 4.41. The predicted octanol–water partition coefficient (Wildman–Crippen LogP) is 4.08. The molecule has 0 aliphatic rings. The summed E-state index contributed by atoms with van der Waals surface area (Å²) in [5, 5.41) is 14.5. The lowest BCUT2D eigenvalue weighted by Crippen LogP contribution is -2.51. The highest BCUT2D eigenvalue weighted by atomic mass is 16.2. The molecular formula is C46H92N10O6. The Morgan fingerprint density at radius 1 is 0.403 bits per heavy atom. The van der Waals surface area contributed by atoms with Crippen molar-refractivity contribution in [2.24, 2.45) is 28.7 Å². The highest BCUT2D eigenvalue weighted by Crippen LogP contribution is 2.12. The first-order valence-electron chi connectivity index (χ1n) is 24.6. The predicted molar refractivity (Wildman–Crippen MR) is 250 cm³/mol. The summed E-state index contributed by atoms with van der Waals surface area (Å²) in [7, 11) is 0. The van der Waals surface area contributed by atoms with Gasteiger partial charge in [0.25, 0.3) is 0 Å². The van der Waals surface area contributed by atoms with Gasteiger partial charge in [0.15, 0.2) is 0 Å². The Kier molecular flexibility index (Phi) is 39.4. The molecule has 0 aromatic heterocycles. The molecule has 0 bridgehead atoms. The number of carbonyl (C=O) groups is 6. The fourth-order valence-corrected chi connectivity index (χ4v) is 7.29. The van der Waals surface area contributed by atoms with Crippen LogP contribution in [0.3, 0.4) is 0 Å². The zero-order valence-corrected chi connectivity index (χ0v) is 38.9. The minimum atomic E-state index is -0.661. The fraction of sp³-hybridized carbons (Fsp3) is 0.870. The van der Waals surface area contributed by atoms with E-state index in [1.54, 1.807) is 0 Å². The molecule has 0 aromatic carbocycles. The van der Waals surface area contributed by atoms with Gasteiger partial charge < -0.3 is 55.3 Å². The summed E-state index contributed by atoms with van der Waals surface area (Å²) < 4.78 is 0. The molecule has 0 heterocycles. The van der Waals surface area contributed by atoms with Crippen molar-refractivity contribution < 1.29 is 28.8 Å². The van der Waals surface area contributed by atoms with E-state index < -0.39 is 30.1 Å². The van der Waals surface area contributed by atoms with E-state index in [9.17, 15) is 28.8 Å². The molecule has 362 valence electrons. The second kappa shape index (κ2) is 41.7. The number of unbranched alkanes of at least 4 members (excludes halogenated alkanes) is 18. The van der Waals surface area contributed by atoms with Crippen molar-refractivity contribution in [1.29, 1.82) is 0 Å². The van der Waals surface area contributed by atoms with Crippen molar-refractivity contribution in [2.45, 2.75) is 224 Å². The van der Waals surface area contributed by atoms with Crippen LogP contribution in [0.2, 0.25) is 0 Å². The highest BCUT2D eigenvalue weighted by Gasteiger charge is 2.24. The number of nitrogens with one attached hydrogen (secondary N) is 5. The summed E-state index contributed by atoms with van der Waals surface area (Å²) in [6.07, 6.45) is 25.0. The van der Waals surface area contributed by atoms with Gasteiger partial charge in [0.2, 0.25) is 35.4 Å². The lowest BCUT2D eigenvalue weighted by Gasteiger charge is -2.21. The SMILES string of the molecule is CCCCCCCCCCC(N)C(=O)NC(CCCCN)C(=O)NCCCCCCCC(=O)NC(CCCCN)C(=O)NCCCCCCCC(=O)NC(CCCCN)C(N)=O. The van der Waals surface area contributed by atoms with E-state index in [0.29, 0.717) is 84.1 Å². The van der Waals surface area contributed by atoms with Gasteiger partial charge in [-0.3, -0.25) is 28.8 Å². The summed E-state index contributed by atoms with van der Waals surface area (Å²) in [4.78, 5) is 75.6. The van der Waals surface area contributed by atoms with Crippen molar-refractivity contribution >= 4 is 35.4 Å². The zero-order valence-electron chi connectivity index (χ0n) is 38.9. The molecule has 16 heteroatoms. The highest BCUT2D eigenvalue weighted by molar-refractivity contribution is 5.90. The lowest BCUT2D eigenvalue weighted by molar-refractivity contribution is -0.129. The molecule has 0 fully saturated rings. The second-order valence-electron chi connectivity index (χ2n) is 17.0. The van der Waals surface area contributed by atoms with Crippen LogP contribution in [0, 0.1) is 0 Å². The van der Waals surface area contributed by atoms with Crippen LogP contribution in [0.4, 0.5) is 0 Å². The molecular weight excluding hydrogens is 789 g/mol. The van der Waals surface area contributed by atoms with E-state index in [-0.39, 0.29) is 29.5 Å². The van der Waals surface area contributed by atoms with Gasteiger partial charge in [0.05, 0.1) is 6.04 Å². The van der Waals surface area contributed by atoms with Crippen LogP contribution < -0.4 is 55.3 Å². The fourth-order valence-electron chi connectivity index (χ4n) is 7.29. The molecule has 0 saturated heterocycles. The van der Waals surface area contributed by atoms with Gasteiger partial charge in [-0.1, -0.05) is 96.8 Å². The number of hydrogen-bond acceptors (Lipinski definition) is 10. The maximum Gasteiger partial charge on any atom is 0.242 e. The number of carbonyl (C=O) groups excluding carboxylic acids is 6. The second-order valence-corrected chi connectivity index (χ2v) is 17.0. The van der Waals surface area contributed by atoms with Crippen molar-refractivity contribution in [3.05, 3.63) is 0 Å². The summed E-state index contributed by atoms with van der Waals surface area (Å²) >= 11 is 0. The van der Waals surface area contributed by atoms with Crippen LogP contribution in [-0.2, 0) is 28.8 Å². The number of hydrogen-bond donors (Lipinski definition) is 10. The van der Waals surface area contributed by atoms with E-state index in [0.717, 1.165) is 109 Å². The van der Waals surface area contributed by atoms with Gasteiger partial charge in [0, 0.05) is 25.9 Å². The van der Waals surface area contributed by atoms with Crippen molar-refractivity contribution in [1.82, 2.24) is 26.6 Å². The first-order valence-corrected chi connectivity index (χ1v) is 24.6. The van der Waals surface area contributed by atoms with Crippen LogP contribution in [0.25, 0.3) is 0 Å². The minimum Gasteiger partial charge on any atom is -0.368 e. The molecule has 4 atom stereocenters. The Morgan fingerprint density at radius 3 is 1.19 bits per heavy atom. The molecule has 4 unspecified atom stereocenters. The minimum absolute atomic E-state index is 0.146. The maximum absolute atomic E-state index is 13.0. The van der Waals surface area contributed by atoms with Gasteiger partial charge in [-0.25, -0.2) is 0 Å². The van der Waals surface area contributed by atoms with Crippen LogP contribution >= 0.6 is 0 Å². The molecule has 15 N–H and O–H groups in total.